The maximum absolute atomic E-state index is 5.68. The smallest absolute Gasteiger partial charge is 0.0649 e. The van der Waals surface area contributed by atoms with Crippen molar-refractivity contribution in [3.05, 3.63) is 21.9 Å². The van der Waals surface area contributed by atoms with E-state index in [0.29, 0.717) is 0 Å². The van der Waals surface area contributed by atoms with Gasteiger partial charge in [0.2, 0.25) is 0 Å². The van der Waals surface area contributed by atoms with Gasteiger partial charge in [0, 0.05) is 10.4 Å². The summed E-state index contributed by atoms with van der Waals surface area (Å²) in [7, 11) is 4.15. The van der Waals surface area contributed by atoms with E-state index < -0.39 is 0 Å². The van der Waals surface area contributed by atoms with Crippen LogP contribution in [0.25, 0.3) is 0 Å². The molecule has 3 nitrogen and oxygen atoms in total. The second kappa shape index (κ2) is 4.61. The molecule has 15 heavy (non-hydrogen) atoms. The minimum absolute atomic E-state index is 0.0133. The highest BCUT2D eigenvalue weighted by atomic mass is 32.1. The third-order valence-corrected chi connectivity index (χ3v) is 4.10. The summed E-state index contributed by atoms with van der Waals surface area (Å²) in [6.07, 6.45) is 0. The summed E-state index contributed by atoms with van der Waals surface area (Å²) in [5, 5.41) is 2.11. The van der Waals surface area contributed by atoms with Crippen LogP contribution in [0.2, 0.25) is 0 Å². The van der Waals surface area contributed by atoms with Crippen molar-refractivity contribution in [2.24, 2.45) is 5.84 Å². The SMILES string of the molecule is Cc1sccc1C(NN)C(C)(C)N(C)C. The molecule has 1 aromatic heterocycles. The highest BCUT2D eigenvalue weighted by molar-refractivity contribution is 7.10. The molecule has 1 atom stereocenters. The van der Waals surface area contributed by atoms with Crippen molar-refractivity contribution in [1.82, 2.24) is 10.3 Å². The van der Waals surface area contributed by atoms with E-state index in [0.717, 1.165) is 0 Å². The van der Waals surface area contributed by atoms with E-state index in [1.165, 1.54) is 10.4 Å². The number of nitrogens with one attached hydrogen (secondary N) is 1. The first-order valence-electron chi connectivity index (χ1n) is 5.08. The fourth-order valence-corrected chi connectivity index (χ4v) is 2.37. The Kier molecular flexibility index (Phi) is 3.89. The number of aryl methyl sites for hydroxylation is 1. The molecule has 0 saturated carbocycles. The van der Waals surface area contributed by atoms with Gasteiger partial charge < -0.3 is 4.90 Å². The predicted octanol–water partition coefficient (Wildman–Crippen LogP) is 1.90. The molecule has 0 radical (unpaired) electrons. The molecule has 0 bridgehead atoms. The molecule has 0 saturated heterocycles. The van der Waals surface area contributed by atoms with Crippen LogP contribution in [0.1, 0.15) is 30.3 Å². The Morgan fingerprint density at radius 3 is 2.40 bits per heavy atom. The number of hydrogen-bond acceptors (Lipinski definition) is 4. The van der Waals surface area contributed by atoms with E-state index >= 15 is 0 Å². The molecular formula is C11H21N3S. The van der Waals surface area contributed by atoms with E-state index in [9.17, 15) is 0 Å². The summed E-state index contributed by atoms with van der Waals surface area (Å²) in [5.74, 6) is 5.68. The number of rotatable bonds is 4. The number of hydrogen-bond donors (Lipinski definition) is 2. The van der Waals surface area contributed by atoms with Crippen molar-refractivity contribution in [3.63, 3.8) is 0 Å². The van der Waals surface area contributed by atoms with E-state index in [4.69, 9.17) is 5.84 Å². The topological polar surface area (TPSA) is 41.3 Å². The van der Waals surface area contributed by atoms with Gasteiger partial charge in [-0.15, -0.1) is 11.3 Å². The Morgan fingerprint density at radius 1 is 1.47 bits per heavy atom. The van der Waals surface area contributed by atoms with Crippen LogP contribution in [0.3, 0.4) is 0 Å². The fourth-order valence-electron chi connectivity index (χ4n) is 1.63. The van der Waals surface area contributed by atoms with Gasteiger partial charge in [0.25, 0.3) is 0 Å². The lowest BCUT2D eigenvalue weighted by Crippen LogP contribution is -2.51. The van der Waals surface area contributed by atoms with Crippen molar-refractivity contribution < 1.29 is 0 Å². The number of likely N-dealkylation sites (N-methyl/N-ethyl adjacent to an activating group) is 1. The number of nitrogens with zero attached hydrogens (tertiary/aromatic N) is 1. The Hall–Kier alpha value is -0.420. The average molecular weight is 227 g/mol. The molecule has 0 aliphatic heterocycles. The minimum Gasteiger partial charge on any atom is -0.302 e. The Labute approximate surface area is 96.2 Å². The predicted molar refractivity (Wildman–Crippen MR) is 66.9 cm³/mol. The molecule has 0 aliphatic rings. The third kappa shape index (κ3) is 2.39. The normalized spacial score (nSPS) is 14.6. The molecule has 1 unspecified atom stereocenters. The molecular weight excluding hydrogens is 206 g/mol. The number of hydrazine groups is 1. The average Bonchev–Trinajstić information content (AvgIpc) is 2.53. The van der Waals surface area contributed by atoms with Gasteiger partial charge in [0.1, 0.15) is 0 Å². The quantitative estimate of drug-likeness (QED) is 0.610. The highest BCUT2D eigenvalue weighted by Crippen LogP contribution is 2.32. The van der Waals surface area contributed by atoms with Gasteiger partial charge in [-0.05, 0) is 51.9 Å². The number of nitrogens with two attached hydrogens (primary N) is 1. The first-order chi connectivity index (χ1) is 6.91. The molecule has 0 aliphatic carbocycles. The Bertz CT molecular complexity index is 317. The summed E-state index contributed by atoms with van der Waals surface area (Å²) in [5.41, 5.74) is 4.21. The maximum Gasteiger partial charge on any atom is 0.0649 e. The zero-order chi connectivity index (χ0) is 11.6. The van der Waals surface area contributed by atoms with Gasteiger partial charge in [-0.1, -0.05) is 0 Å². The summed E-state index contributed by atoms with van der Waals surface area (Å²) in [4.78, 5) is 3.52. The zero-order valence-electron chi connectivity index (χ0n) is 10.2. The van der Waals surface area contributed by atoms with Crippen molar-refractivity contribution in [3.8, 4) is 0 Å². The molecule has 4 heteroatoms. The molecule has 3 N–H and O–H groups in total. The van der Waals surface area contributed by atoms with Crippen molar-refractivity contribution in [2.75, 3.05) is 14.1 Å². The second-order valence-electron chi connectivity index (χ2n) is 4.58. The van der Waals surface area contributed by atoms with Crippen molar-refractivity contribution in [1.29, 1.82) is 0 Å². The van der Waals surface area contributed by atoms with Crippen molar-refractivity contribution >= 4 is 11.3 Å². The first-order valence-corrected chi connectivity index (χ1v) is 5.96. The van der Waals surface area contributed by atoms with Crippen LogP contribution in [0.5, 0.6) is 0 Å². The lowest BCUT2D eigenvalue weighted by molar-refractivity contribution is 0.138. The molecule has 1 rings (SSSR count). The molecule has 1 heterocycles. The van der Waals surface area contributed by atoms with Gasteiger partial charge >= 0.3 is 0 Å². The van der Waals surface area contributed by atoms with Crippen LogP contribution in [0.15, 0.2) is 11.4 Å². The lowest BCUT2D eigenvalue weighted by atomic mass is 9.88. The second-order valence-corrected chi connectivity index (χ2v) is 5.70. The molecule has 0 amide bonds. The van der Waals surface area contributed by atoms with Crippen molar-refractivity contribution in [2.45, 2.75) is 32.4 Å². The van der Waals surface area contributed by atoms with Crippen LogP contribution in [-0.4, -0.2) is 24.5 Å². The van der Waals surface area contributed by atoms with Crippen LogP contribution >= 0.6 is 11.3 Å². The number of thiophene rings is 1. The van der Waals surface area contributed by atoms with Gasteiger partial charge in [-0.3, -0.25) is 11.3 Å². The Balaban J connectivity index is 3.04. The van der Waals surface area contributed by atoms with Crippen LogP contribution in [0, 0.1) is 6.92 Å². The standard InChI is InChI=1S/C11H21N3S/c1-8-9(6-7-15-8)10(13-12)11(2,3)14(4)5/h6-7,10,13H,12H2,1-5H3. The zero-order valence-corrected chi connectivity index (χ0v) is 11.0. The van der Waals surface area contributed by atoms with Crippen LogP contribution in [-0.2, 0) is 0 Å². The van der Waals surface area contributed by atoms with Crippen LogP contribution in [0.4, 0.5) is 0 Å². The van der Waals surface area contributed by atoms with Crippen LogP contribution < -0.4 is 11.3 Å². The summed E-state index contributed by atoms with van der Waals surface area (Å²) in [6.45, 7) is 6.51. The summed E-state index contributed by atoms with van der Waals surface area (Å²) in [6, 6.07) is 2.30. The molecule has 0 fully saturated rings. The highest BCUT2D eigenvalue weighted by Gasteiger charge is 2.33. The molecule has 0 aromatic carbocycles. The van der Waals surface area contributed by atoms with Gasteiger partial charge in [-0.2, -0.15) is 0 Å². The minimum atomic E-state index is -0.0133. The first kappa shape index (κ1) is 12.6. The fraction of sp³-hybridized carbons (Fsp3) is 0.636. The van der Waals surface area contributed by atoms with E-state index in [1.807, 2.05) is 0 Å². The van der Waals surface area contributed by atoms with Gasteiger partial charge in [0.05, 0.1) is 6.04 Å². The summed E-state index contributed by atoms with van der Waals surface area (Å²) < 4.78 is 0. The summed E-state index contributed by atoms with van der Waals surface area (Å²) >= 11 is 1.76. The largest absolute Gasteiger partial charge is 0.302 e. The van der Waals surface area contributed by atoms with E-state index in [-0.39, 0.29) is 11.6 Å². The maximum atomic E-state index is 5.68. The van der Waals surface area contributed by atoms with E-state index in [2.05, 4.69) is 56.6 Å². The monoisotopic (exact) mass is 227 g/mol. The third-order valence-electron chi connectivity index (χ3n) is 3.24. The molecule has 1 aromatic rings. The van der Waals surface area contributed by atoms with Gasteiger partial charge in [-0.25, -0.2) is 0 Å². The molecule has 0 spiro atoms. The molecule has 86 valence electrons. The Morgan fingerprint density at radius 2 is 2.07 bits per heavy atom. The van der Waals surface area contributed by atoms with E-state index in [1.54, 1.807) is 11.3 Å². The lowest BCUT2D eigenvalue weighted by Gasteiger charge is -2.40. The van der Waals surface area contributed by atoms with Gasteiger partial charge in [0.15, 0.2) is 0 Å².